The van der Waals surface area contributed by atoms with Crippen LogP contribution in [0.2, 0.25) is 0 Å². The number of carbonyl (C=O) groups is 1. The van der Waals surface area contributed by atoms with Gasteiger partial charge >= 0.3 is 0 Å². The number of hydrogen-bond donors (Lipinski definition) is 2. The first kappa shape index (κ1) is 21.4. The summed E-state index contributed by atoms with van der Waals surface area (Å²) in [6.45, 7) is 0.595. The molecule has 34 heavy (non-hydrogen) atoms. The number of pyridine rings is 1. The molecule has 4 aromatic rings. The Kier molecular flexibility index (Phi) is 5.77. The third-order valence-corrected chi connectivity index (χ3v) is 5.57. The molecular formula is C24H23N7O3. The van der Waals surface area contributed by atoms with Crippen LogP contribution >= 0.6 is 0 Å². The molecule has 0 fully saturated rings. The Morgan fingerprint density at radius 3 is 2.88 bits per heavy atom. The second-order valence-corrected chi connectivity index (χ2v) is 7.73. The van der Waals surface area contributed by atoms with Gasteiger partial charge in [0, 0.05) is 24.2 Å². The fourth-order valence-electron chi connectivity index (χ4n) is 3.85. The minimum atomic E-state index is -0.353. The summed E-state index contributed by atoms with van der Waals surface area (Å²) in [6, 6.07) is 9.53. The fraction of sp³-hybridized carbons (Fsp3) is 0.208. The quantitative estimate of drug-likeness (QED) is 0.404. The molecule has 0 unspecified atom stereocenters. The van der Waals surface area contributed by atoms with Gasteiger partial charge in [-0.2, -0.15) is 0 Å². The van der Waals surface area contributed by atoms with Crippen LogP contribution in [0.15, 0.2) is 55.1 Å². The van der Waals surface area contributed by atoms with E-state index in [9.17, 15) is 4.79 Å². The second kappa shape index (κ2) is 9.18. The Morgan fingerprint density at radius 2 is 2.06 bits per heavy atom. The van der Waals surface area contributed by atoms with E-state index >= 15 is 0 Å². The number of benzene rings is 1. The Labute approximate surface area is 195 Å². The van der Waals surface area contributed by atoms with Gasteiger partial charge in [0.15, 0.2) is 5.82 Å². The second-order valence-electron chi connectivity index (χ2n) is 7.73. The van der Waals surface area contributed by atoms with E-state index < -0.39 is 0 Å². The van der Waals surface area contributed by atoms with Crippen molar-refractivity contribution in [3.8, 4) is 28.7 Å². The van der Waals surface area contributed by atoms with Crippen LogP contribution < -0.4 is 20.5 Å². The Bertz CT molecular complexity index is 1340. The van der Waals surface area contributed by atoms with Gasteiger partial charge in [0.1, 0.15) is 23.7 Å². The van der Waals surface area contributed by atoms with Crippen LogP contribution in [-0.4, -0.2) is 50.9 Å². The first-order valence-electron chi connectivity index (χ1n) is 10.8. The van der Waals surface area contributed by atoms with E-state index in [2.05, 4.69) is 20.4 Å². The van der Waals surface area contributed by atoms with Crippen LogP contribution in [0.1, 0.15) is 21.5 Å². The summed E-state index contributed by atoms with van der Waals surface area (Å²) in [7, 11) is 1.66. The van der Waals surface area contributed by atoms with E-state index in [1.54, 1.807) is 37.8 Å². The summed E-state index contributed by atoms with van der Waals surface area (Å²) in [4.78, 5) is 25.8. The van der Waals surface area contributed by atoms with Gasteiger partial charge in [0.05, 0.1) is 25.5 Å². The molecule has 1 aliphatic rings. The zero-order valence-electron chi connectivity index (χ0n) is 18.6. The number of nitrogen functional groups attached to an aromatic ring is 1. The number of carbonyl (C=O) groups excluding carboxylic acids is 1. The summed E-state index contributed by atoms with van der Waals surface area (Å²) < 4.78 is 12.3. The van der Waals surface area contributed by atoms with Gasteiger partial charge in [-0.15, -0.1) is 5.10 Å². The zero-order valence-corrected chi connectivity index (χ0v) is 18.6. The molecule has 0 aliphatic heterocycles. The molecule has 1 amide bonds. The standard InChI is InChI=1S/C24H23N7O3/c1-33-17-6-7-19-15(11-17)4-5-16-12-28-24(29-21(16)19)31-14-20(22(25)30-31)23(32)27-9-10-34-18-3-2-8-26-13-18/h2-3,6-8,11-14H,4-5,9-10H2,1H3,(H2,25,30)(H,27,32). The van der Waals surface area contributed by atoms with E-state index in [0.717, 1.165) is 35.4 Å². The molecule has 10 nitrogen and oxygen atoms in total. The third-order valence-electron chi connectivity index (χ3n) is 5.57. The normalized spacial score (nSPS) is 11.9. The molecule has 1 aromatic carbocycles. The molecule has 0 spiro atoms. The average molecular weight is 457 g/mol. The lowest BCUT2D eigenvalue weighted by atomic mass is 9.90. The molecule has 5 rings (SSSR count). The predicted molar refractivity (Wildman–Crippen MR) is 125 cm³/mol. The van der Waals surface area contributed by atoms with Crippen LogP contribution in [0, 0.1) is 0 Å². The highest BCUT2D eigenvalue weighted by Gasteiger charge is 2.21. The van der Waals surface area contributed by atoms with Crippen LogP contribution in [0.25, 0.3) is 17.2 Å². The summed E-state index contributed by atoms with van der Waals surface area (Å²) in [5, 5.41) is 7.04. The van der Waals surface area contributed by atoms with Gasteiger partial charge < -0.3 is 20.5 Å². The first-order chi connectivity index (χ1) is 16.6. The van der Waals surface area contributed by atoms with Crippen molar-refractivity contribution in [2.75, 3.05) is 26.0 Å². The summed E-state index contributed by atoms with van der Waals surface area (Å²) in [5.41, 5.74) is 10.4. The van der Waals surface area contributed by atoms with Gasteiger partial charge in [-0.1, -0.05) is 0 Å². The smallest absolute Gasteiger partial charge is 0.256 e. The van der Waals surface area contributed by atoms with E-state index in [0.29, 0.717) is 24.8 Å². The molecule has 0 atom stereocenters. The molecule has 3 aromatic heterocycles. The SMILES string of the molecule is COc1ccc2c(c1)CCc1cnc(-n3cc(C(=O)NCCOc4cccnc4)c(N)n3)nc1-2. The molecule has 3 heterocycles. The van der Waals surface area contributed by atoms with Crippen molar-refractivity contribution in [3.05, 3.63) is 71.8 Å². The highest BCUT2D eigenvalue weighted by Crippen LogP contribution is 2.34. The number of amides is 1. The van der Waals surface area contributed by atoms with Crippen LogP contribution in [0.3, 0.4) is 0 Å². The third kappa shape index (κ3) is 4.25. The highest BCUT2D eigenvalue weighted by atomic mass is 16.5. The number of nitrogens with zero attached hydrogens (tertiary/aromatic N) is 5. The van der Waals surface area contributed by atoms with Gasteiger partial charge in [0.25, 0.3) is 11.9 Å². The number of hydrogen-bond acceptors (Lipinski definition) is 8. The van der Waals surface area contributed by atoms with Crippen LogP contribution in [0.5, 0.6) is 11.5 Å². The number of methoxy groups -OCH3 is 1. The van der Waals surface area contributed by atoms with Gasteiger partial charge in [-0.3, -0.25) is 9.78 Å². The molecule has 3 N–H and O–H groups in total. The topological polar surface area (TPSA) is 130 Å². The highest BCUT2D eigenvalue weighted by molar-refractivity contribution is 5.98. The van der Waals surface area contributed by atoms with Gasteiger partial charge in [-0.05, 0) is 54.3 Å². The van der Waals surface area contributed by atoms with Gasteiger partial charge in [0.2, 0.25) is 0 Å². The van der Waals surface area contributed by atoms with Crippen molar-refractivity contribution in [1.82, 2.24) is 30.0 Å². The van der Waals surface area contributed by atoms with Crippen molar-refractivity contribution in [1.29, 1.82) is 0 Å². The molecule has 1 aliphatic carbocycles. The van der Waals surface area contributed by atoms with Crippen molar-refractivity contribution >= 4 is 11.7 Å². The van der Waals surface area contributed by atoms with Gasteiger partial charge in [-0.25, -0.2) is 14.6 Å². The molecule has 0 saturated heterocycles. The Balaban J connectivity index is 1.31. The number of anilines is 1. The number of rotatable bonds is 7. The van der Waals surface area contributed by atoms with E-state index in [1.165, 1.54) is 16.4 Å². The van der Waals surface area contributed by atoms with E-state index in [1.807, 2.05) is 18.2 Å². The molecule has 0 bridgehead atoms. The zero-order chi connectivity index (χ0) is 23.5. The fourth-order valence-corrected chi connectivity index (χ4v) is 3.85. The molecule has 172 valence electrons. The van der Waals surface area contributed by atoms with E-state index in [4.69, 9.17) is 20.2 Å². The number of ether oxygens (including phenoxy) is 2. The summed E-state index contributed by atoms with van der Waals surface area (Å²) in [5.74, 6) is 1.53. The lowest BCUT2D eigenvalue weighted by Gasteiger charge is -2.19. The monoisotopic (exact) mass is 457 g/mol. The average Bonchev–Trinajstić information content (AvgIpc) is 3.28. The number of fused-ring (bicyclic) bond motifs is 3. The minimum absolute atomic E-state index is 0.0946. The largest absolute Gasteiger partial charge is 0.497 e. The maximum absolute atomic E-state index is 12.6. The maximum atomic E-state index is 12.6. The molecule has 0 saturated carbocycles. The summed E-state index contributed by atoms with van der Waals surface area (Å²) >= 11 is 0. The number of nitrogens with two attached hydrogens (primary N) is 1. The van der Waals surface area contributed by atoms with Crippen molar-refractivity contribution in [2.24, 2.45) is 0 Å². The number of aryl methyl sites for hydroxylation is 2. The first-order valence-corrected chi connectivity index (χ1v) is 10.8. The summed E-state index contributed by atoms with van der Waals surface area (Å²) in [6.07, 6.45) is 8.34. The molecule has 0 radical (unpaired) electrons. The van der Waals surface area contributed by atoms with Crippen LogP contribution in [0.4, 0.5) is 5.82 Å². The lowest BCUT2D eigenvalue weighted by Crippen LogP contribution is -2.28. The van der Waals surface area contributed by atoms with Crippen molar-refractivity contribution in [3.63, 3.8) is 0 Å². The maximum Gasteiger partial charge on any atom is 0.256 e. The Hall–Kier alpha value is -4.47. The lowest BCUT2D eigenvalue weighted by molar-refractivity contribution is 0.0948. The van der Waals surface area contributed by atoms with Crippen molar-refractivity contribution < 1.29 is 14.3 Å². The molecular weight excluding hydrogens is 434 g/mol. The Morgan fingerprint density at radius 1 is 1.18 bits per heavy atom. The molecule has 10 heteroatoms. The predicted octanol–water partition coefficient (Wildman–Crippen LogP) is 2.22. The minimum Gasteiger partial charge on any atom is -0.497 e. The van der Waals surface area contributed by atoms with Crippen molar-refractivity contribution in [2.45, 2.75) is 12.8 Å². The number of nitrogens with one attached hydrogen (secondary N) is 1. The van der Waals surface area contributed by atoms with Crippen LogP contribution in [-0.2, 0) is 12.8 Å². The number of aromatic nitrogens is 5. The van der Waals surface area contributed by atoms with E-state index in [-0.39, 0.29) is 17.3 Å².